The number of anilines is 1. The first-order valence-electron chi connectivity index (χ1n) is 14.1. The molecule has 2 N–H and O–H groups in total. The number of halogens is 4. The summed E-state index contributed by atoms with van der Waals surface area (Å²) in [6.07, 6.45) is 3.30. The number of carbonyl (C=O) groups is 1. The van der Waals surface area contributed by atoms with Crippen LogP contribution in [0.2, 0.25) is 0 Å². The Hall–Kier alpha value is -2.90. The van der Waals surface area contributed by atoms with Crippen LogP contribution in [0.1, 0.15) is 56.8 Å². The van der Waals surface area contributed by atoms with E-state index in [1.165, 1.54) is 0 Å². The van der Waals surface area contributed by atoms with Crippen LogP contribution in [-0.4, -0.2) is 35.8 Å². The number of benzene rings is 1. The minimum Gasteiger partial charge on any atom is -0.379 e. The average molecular weight is 542 g/mol. The Morgan fingerprint density at radius 2 is 1.87 bits per heavy atom. The van der Waals surface area contributed by atoms with Gasteiger partial charge in [0, 0.05) is 28.9 Å². The minimum atomic E-state index is -4.65. The number of alkyl halides is 4. The maximum absolute atomic E-state index is 16.0. The fourth-order valence-corrected chi connectivity index (χ4v) is 7.53. The van der Waals surface area contributed by atoms with Gasteiger partial charge in [-0.3, -0.25) is 4.79 Å². The number of amides is 1. The molecule has 4 aliphatic carbocycles. The molecule has 2 aromatic rings. The lowest BCUT2D eigenvalue weighted by molar-refractivity contribution is -0.122. The summed E-state index contributed by atoms with van der Waals surface area (Å²) in [6.45, 7) is 5.83. The third-order valence-electron chi connectivity index (χ3n) is 9.56. The largest absolute Gasteiger partial charge is 0.417 e. The molecule has 0 radical (unpaired) electrons. The number of fused-ring (bicyclic) bond motifs is 2. The molecule has 4 fully saturated rings. The Bertz CT molecular complexity index is 1320. The number of pyridine rings is 1. The topological polar surface area (TPSA) is 54.0 Å². The Labute approximate surface area is 226 Å². The predicted octanol–water partition coefficient (Wildman–Crippen LogP) is 7.17. The van der Waals surface area contributed by atoms with E-state index in [0.29, 0.717) is 45.8 Å². The lowest BCUT2D eigenvalue weighted by Crippen LogP contribution is -2.37. The fourth-order valence-electron chi connectivity index (χ4n) is 7.53. The minimum absolute atomic E-state index is 0.00963. The number of carbonyl (C=O) groups excluding carboxylic acids is 1. The second-order valence-electron chi connectivity index (χ2n) is 12.2. The van der Waals surface area contributed by atoms with Gasteiger partial charge in [-0.2, -0.15) is 13.2 Å². The molecule has 8 heteroatoms. The van der Waals surface area contributed by atoms with Crippen molar-refractivity contribution in [2.45, 2.75) is 63.8 Å². The monoisotopic (exact) mass is 541 g/mol. The van der Waals surface area contributed by atoms with Crippen LogP contribution in [0.5, 0.6) is 0 Å². The van der Waals surface area contributed by atoms with E-state index in [1.54, 1.807) is 30.4 Å². The van der Waals surface area contributed by atoms with Crippen LogP contribution in [0.15, 0.2) is 36.9 Å². The number of nitrogens with zero attached hydrogens (tertiary/aromatic N) is 1. The molecule has 4 unspecified atom stereocenters. The number of aromatic nitrogens is 1. The van der Waals surface area contributed by atoms with Gasteiger partial charge in [-0.25, -0.2) is 9.37 Å². The molecule has 6 rings (SSSR count). The van der Waals surface area contributed by atoms with Gasteiger partial charge in [0.05, 0.1) is 23.0 Å². The van der Waals surface area contributed by atoms with Gasteiger partial charge in [0.1, 0.15) is 6.17 Å². The molecule has 0 aliphatic heterocycles. The van der Waals surface area contributed by atoms with Crippen molar-refractivity contribution in [3.8, 4) is 0 Å². The second kappa shape index (κ2) is 9.93. The molecule has 1 aromatic carbocycles. The van der Waals surface area contributed by atoms with E-state index in [2.05, 4.69) is 29.1 Å². The second-order valence-corrected chi connectivity index (χ2v) is 12.2. The Morgan fingerprint density at radius 1 is 1.10 bits per heavy atom. The van der Waals surface area contributed by atoms with Crippen molar-refractivity contribution in [1.29, 1.82) is 0 Å². The van der Waals surface area contributed by atoms with Gasteiger partial charge in [-0.1, -0.05) is 31.7 Å². The quantitative estimate of drug-likeness (QED) is 0.366. The number of hydrogen-bond donors (Lipinski definition) is 2. The summed E-state index contributed by atoms with van der Waals surface area (Å²) < 4.78 is 57.3. The Kier molecular flexibility index (Phi) is 6.71. The lowest BCUT2D eigenvalue weighted by atomic mass is 9.85. The summed E-state index contributed by atoms with van der Waals surface area (Å²) >= 11 is 0. The van der Waals surface area contributed by atoms with E-state index in [4.69, 9.17) is 0 Å². The molecular weight excluding hydrogens is 506 g/mol. The molecule has 1 aromatic heterocycles. The molecule has 0 spiro atoms. The highest BCUT2D eigenvalue weighted by Gasteiger charge is 2.54. The van der Waals surface area contributed by atoms with Gasteiger partial charge in [-0.05, 0) is 86.3 Å². The molecule has 0 saturated heterocycles. The van der Waals surface area contributed by atoms with E-state index in [9.17, 15) is 18.0 Å². The summed E-state index contributed by atoms with van der Waals surface area (Å²) in [7, 11) is 0. The van der Waals surface area contributed by atoms with E-state index < -0.39 is 17.9 Å². The van der Waals surface area contributed by atoms with E-state index in [1.807, 2.05) is 6.07 Å². The SMILES string of the molecule is C=C(c1nc(/C=C/CNC(=O)C2CC2)cc2c(N[C@@H]3CC4CC5C(CC(C)[C@H]5C4)[C@@H]3F)cccc12)C(F)(F)F. The average Bonchev–Trinajstić information content (AvgIpc) is 3.61. The third-order valence-corrected chi connectivity index (χ3v) is 9.56. The summed E-state index contributed by atoms with van der Waals surface area (Å²) in [4.78, 5) is 16.2. The van der Waals surface area contributed by atoms with Crippen molar-refractivity contribution in [3.63, 3.8) is 0 Å². The van der Waals surface area contributed by atoms with Gasteiger partial charge in [0.2, 0.25) is 5.91 Å². The van der Waals surface area contributed by atoms with Crippen molar-refractivity contribution >= 4 is 34.0 Å². The molecular formula is C31H35F4N3O. The lowest BCUT2D eigenvalue weighted by Gasteiger charge is -2.30. The zero-order valence-electron chi connectivity index (χ0n) is 22.1. The van der Waals surface area contributed by atoms with Gasteiger partial charge in [-0.15, -0.1) is 0 Å². The van der Waals surface area contributed by atoms with Crippen molar-refractivity contribution in [2.75, 3.05) is 11.9 Å². The first-order chi connectivity index (χ1) is 18.6. The van der Waals surface area contributed by atoms with Crippen LogP contribution < -0.4 is 10.6 Å². The van der Waals surface area contributed by atoms with Crippen LogP contribution in [0.25, 0.3) is 22.4 Å². The normalized spacial score (nSPS) is 32.0. The molecule has 2 bridgehead atoms. The molecule has 4 saturated carbocycles. The summed E-state index contributed by atoms with van der Waals surface area (Å²) in [5.74, 6) is 2.20. The highest BCUT2D eigenvalue weighted by molar-refractivity contribution is 6.00. The maximum Gasteiger partial charge on any atom is 0.417 e. The number of nitrogens with one attached hydrogen (secondary N) is 2. The first-order valence-corrected chi connectivity index (χ1v) is 14.1. The molecule has 1 amide bonds. The summed E-state index contributed by atoms with van der Waals surface area (Å²) in [5, 5.41) is 7.12. The maximum atomic E-state index is 16.0. The van der Waals surface area contributed by atoms with Crippen LogP contribution >= 0.6 is 0 Å². The Morgan fingerprint density at radius 3 is 2.62 bits per heavy atom. The van der Waals surface area contributed by atoms with E-state index >= 15 is 4.39 Å². The van der Waals surface area contributed by atoms with Crippen molar-refractivity contribution in [2.24, 2.45) is 35.5 Å². The van der Waals surface area contributed by atoms with Gasteiger partial charge in [0.25, 0.3) is 0 Å². The molecule has 4 aliphatic rings. The predicted molar refractivity (Wildman–Crippen MR) is 145 cm³/mol. The van der Waals surface area contributed by atoms with Crippen molar-refractivity contribution < 1.29 is 22.4 Å². The fraction of sp³-hybridized carbons (Fsp3) is 0.548. The van der Waals surface area contributed by atoms with E-state index in [-0.39, 0.29) is 36.0 Å². The molecule has 208 valence electrons. The summed E-state index contributed by atoms with van der Waals surface area (Å²) in [6, 6.07) is 6.44. The molecule has 4 nitrogen and oxygen atoms in total. The highest BCUT2D eigenvalue weighted by atomic mass is 19.4. The molecule has 39 heavy (non-hydrogen) atoms. The zero-order chi connectivity index (χ0) is 27.5. The van der Waals surface area contributed by atoms with E-state index in [0.717, 1.165) is 38.5 Å². The number of rotatable bonds is 7. The zero-order valence-corrected chi connectivity index (χ0v) is 22.1. The number of allylic oxidation sites excluding steroid dienone is 1. The third kappa shape index (κ3) is 5.07. The van der Waals surface area contributed by atoms with Gasteiger partial charge < -0.3 is 10.6 Å². The standard InChI is InChI=1S/C31H35F4N3O/c1-16-11-25-23-13-18(12-22(16)23)14-27(28(25)32)38-26-7-3-6-21-24(26)15-20(37-29(21)17(2)31(33,34)35)5-4-10-36-30(39)19-8-9-19/h3-7,15-16,18-19,22-23,25,27-28,38H,2,8-14H2,1H3,(H,36,39)/b5-4+/t16?,18?,22-,23?,25?,27-,28+/m1/s1. The summed E-state index contributed by atoms with van der Waals surface area (Å²) in [5.41, 5.74) is -0.338. The van der Waals surface area contributed by atoms with Crippen LogP contribution in [0, 0.1) is 35.5 Å². The van der Waals surface area contributed by atoms with Crippen molar-refractivity contribution in [1.82, 2.24) is 10.3 Å². The molecule has 7 atom stereocenters. The first kappa shape index (κ1) is 26.3. The van der Waals surface area contributed by atoms with Crippen molar-refractivity contribution in [3.05, 3.63) is 48.3 Å². The van der Waals surface area contributed by atoms with Gasteiger partial charge in [0.15, 0.2) is 0 Å². The molecule has 1 heterocycles. The number of hydrogen-bond acceptors (Lipinski definition) is 3. The van der Waals surface area contributed by atoms with Crippen LogP contribution in [-0.2, 0) is 4.79 Å². The smallest absolute Gasteiger partial charge is 0.379 e. The van der Waals surface area contributed by atoms with Crippen LogP contribution in [0.4, 0.5) is 23.2 Å². The van der Waals surface area contributed by atoms with Crippen LogP contribution in [0.3, 0.4) is 0 Å². The van der Waals surface area contributed by atoms with Gasteiger partial charge >= 0.3 is 6.18 Å². The highest BCUT2D eigenvalue weighted by Crippen LogP contribution is 2.58. The Balaban J connectivity index is 1.32.